The summed E-state index contributed by atoms with van der Waals surface area (Å²) in [4.78, 5) is 2.67. The van der Waals surface area contributed by atoms with Crippen molar-refractivity contribution < 1.29 is 0 Å². The molecule has 12 heavy (non-hydrogen) atoms. The van der Waals surface area contributed by atoms with Crippen molar-refractivity contribution in [2.45, 2.75) is 59.4 Å². The molecule has 0 bridgehead atoms. The lowest BCUT2D eigenvalue weighted by atomic mass is 10.1. The molecule has 0 aromatic heterocycles. The molecule has 0 radical (unpaired) electrons. The quantitative estimate of drug-likeness (QED) is 0.627. The fourth-order valence-corrected chi connectivity index (χ4v) is 2.08. The number of rotatable bonds is 4. The van der Waals surface area contributed by atoms with Crippen LogP contribution in [0.25, 0.3) is 0 Å². The molecule has 1 rings (SSSR count). The molecule has 1 fully saturated rings. The molecule has 0 saturated carbocycles. The van der Waals surface area contributed by atoms with E-state index in [4.69, 9.17) is 0 Å². The smallest absolute Gasteiger partial charge is 0.00925 e. The van der Waals surface area contributed by atoms with E-state index >= 15 is 0 Å². The fourth-order valence-electron chi connectivity index (χ4n) is 2.08. The molecular formula is C11H25N. The second-order valence-electron chi connectivity index (χ2n) is 3.59. The monoisotopic (exact) mass is 171 g/mol. The number of likely N-dealkylation sites (tertiary alicyclic amines) is 1. The van der Waals surface area contributed by atoms with Gasteiger partial charge in [0.15, 0.2) is 0 Å². The van der Waals surface area contributed by atoms with E-state index in [9.17, 15) is 0 Å². The van der Waals surface area contributed by atoms with Crippen molar-refractivity contribution in [1.82, 2.24) is 4.90 Å². The van der Waals surface area contributed by atoms with Gasteiger partial charge in [-0.15, -0.1) is 0 Å². The predicted molar refractivity (Wildman–Crippen MR) is 56.5 cm³/mol. The summed E-state index contributed by atoms with van der Waals surface area (Å²) in [5.74, 6) is 0. The molecule has 0 amide bonds. The number of hydrogen-bond donors (Lipinski definition) is 0. The van der Waals surface area contributed by atoms with Crippen LogP contribution in [0, 0.1) is 0 Å². The van der Waals surface area contributed by atoms with Gasteiger partial charge in [-0.1, -0.05) is 27.7 Å². The van der Waals surface area contributed by atoms with Crippen molar-refractivity contribution in [3.05, 3.63) is 0 Å². The Morgan fingerprint density at radius 2 is 1.75 bits per heavy atom. The van der Waals surface area contributed by atoms with Gasteiger partial charge in [-0.2, -0.15) is 0 Å². The van der Waals surface area contributed by atoms with E-state index in [0.29, 0.717) is 0 Å². The molecule has 1 heteroatoms. The summed E-state index contributed by atoms with van der Waals surface area (Å²) < 4.78 is 0. The van der Waals surface area contributed by atoms with Gasteiger partial charge in [0.1, 0.15) is 0 Å². The summed E-state index contributed by atoms with van der Waals surface area (Å²) in [5, 5.41) is 0. The maximum atomic E-state index is 2.67. The van der Waals surface area contributed by atoms with Crippen LogP contribution in [-0.2, 0) is 0 Å². The zero-order valence-electron chi connectivity index (χ0n) is 7.97. The van der Waals surface area contributed by atoms with Gasteiger partial charge < -0.3 is 4.90 Å². The minimum absolute atomic E-state index is 0. The highest BCUT2D eigenvalue weighted by atomic mass is 15.2. The maximum Gasteiger partial charge on any atom is 0.00925 e. The Kier molecular flexibility index (Phi) is 6.45. The average molecular weight is 171 g/mol. The highest BCUT2D eigenvalue weighted by Crippen LogP contribution is 2.17. The Balaban J connectivity index is 0.00000121. The summed E-state index contributed by atoms with van der Waals surface area (Å²) in [7, 11) is 0. The molecule has 0 N–H and O–H groups in total. The first-order chi connectivity index (χ1) is 5.38. The Labute approximate surface area is 78.1 Å². The first kappa shape index (κ1) is 12.0. The van der Waals surface area contributed by atoms with Gasteiger partial charge >= 0.3 is 0 Å². The Morgan fingerprint density at radius 3 is 2.17 bits per heavy atom. The van der Waals surface area contributed by atoms with Crippen molar-refractivity contribution >= 4 is 0 Å². The van der Waals surface area contributed by atoms with Crippen LogP contribution in [0.3, 0.4) is 0 Å². The van der Waals surface area contributed by atoms with Crippen LogP contribution >= 0.6 is 0 Å². The predicted octanol–water partition coefficient (Wildman–Crippen LogP) is 3.30. The van der Waals surface area contributed by atoms with Crippen LogP contribution in [-0.4, -0.2) is 24.0 Å². The second-order valence-corrected chi connectivity index (χ2v) is 3.59. The van der Waals surface area contributed by atoms with Crippen molar-refractivity contribution in [2.75, 3.05) is 13.1 Å². The highest BCUT2D eigenvalue weighted by Gasteiger charge is 2.18. The molecule has 1 aliphatic heterocycles. The average Bonchev–Trinajstić information content (AvgIpc) is 2.52. The Bertz CT molecular complexity index is 95.2. The third kappa shape index (κ3) is 3.14. The molecule has 1 atom stereocenters. The minimum atomic E-state index is 0. The fraction of sp³-hybridized carbons (Fsp3) is 1.00. The third-order valence-electron chi connectivity index (χ3n) is 2.75. The van der Waals surface area contributed by atoms with Crippen molar-refractivity contribution in [1.29, 1.82) is 0 Å². The van der Waals surface area contributed by atoms with Gasteiger partial charge in [0.05, 0.1) is 0 Å². The largest absolute Gasteiger partial charge is 0.300 e. The normalized spacial score (nSPS) is 20.5. The van der Waals surface area contributed by atoms with E-state index in [1.807, 2.05) is 0 Å². The van der Waals surface area contributed by atoms with E-state index in [-0.39, 0.29) is 7.43 Å². The molecule has 0 aromatic rings. The van der Waals surface area contributed by atoms with E-state index in [0.717, 1.165) is 6.04 Å². The molecule has 74 valence electrons. The molecule has 1 heterocycles. The van der Waals surface area contributed by atoms with Gasteiger partial charge in [-0.05, 0) is 38.8 Å². The van der Waals surface area contributed by atoms with Gasteiger partial charge in [0, 0.05) is 6.04 Å². The van der Waals surface area contributed by atoms with Crippen molar-refractivity contribution in [2.24, 2.45) is 0 Å². The van der Waals surface area contributed by atoms with Crippen LogP contribution in [0.1, 0.15) is 53.4 Å². The van der Waals surface area contributed by atoms with Crippen LogP contribution in [0.4, 0.5) is 0 Å². The summed E-state index contributed by atoms with van der Waals surface area (Å²) in [6.45, 7) is 7.33. The van der Waals surface area contributed by atoms with Crippen molar-refractivity contribution in [3.8, 4) is 0 Å². The lowest BCUT2D eigenvalue weighted by Gasteiger charge is -2.25. The summed E-state index contributed by atoms with van der Waals surface area (Å²) >= 11 is 0. The topological polar surface area (TPSA) is 3.24 Å². The lowest BCUT2D eigenvalue weighted by molar-refractivity contribution is 0.223. The maximum absolute atomic E-state index is 2.67. The second kappa shape index (κ2) is 6.47. The van der Waals surface area contributed by atoms with E-state index in [1.54, 1.807) is 0 Å². The Morgan fingerprint density at radius 1 is 1.17 bits per heavy atom. The van der Waals surface area contributed by atoms with Gasteiger partial charge in [0.2, 0.25) is 0 Å². The number of hydrogen-bond acceptors (Lipinski definition) is 1. The van der Waals surface area contributed by atoms with E-state index in [1.165, 1.54) is 45.2 Å². The zero-order chi connectivity index (χ0) is 8.10. The molecule has 1 saturated heterocycles. The molecule has 0 aliphatic carbocycles. The summed E-state index contributed by atoms with van der Waals surface area (Å²) in [5.41, 5.74) is 0. The minimum Gasteiger partial charge on any atom is -0.300 e. The molecule has 0 aromatic carbocycles. The molecule has 1 nitrogen and oxygen atoms in total. The van der Waals surface area contributed by atoms with E-state index in [2.05, 4.69) is 18.7 Å². The molecule has 1 aliphatic rings. The lowest BCUT2D eigenvalue weighted by Crippen LogP contribution is -2.31. The zero-order valence-corrected chi connectivity index (χ0v) is 7.97. The van der Waals surface area contributed by atoms with Crippen LogP contribution in [0.15, 0.2) is 0 Å². The summed E-state index contributed by atoms with van der Waals surface area (Å²) in [6.07, 6.45) is 6.94. The highest BCUT2D eigenvalue weighted by molar-refractivity contribution is 4.74. The molecular weight excluding hydrogens is 146 g/mol. The first-order valence-electron chi connectivity index (χ1n) is 5.12. The number of nitrogens with zero attached hydrogens (tertiary/aromatic N) is 1. The van der Waals surface area contributed by atoms with E-state index < -0.39 is 0 Å². The first-order valence-corrected chi connectivity index (χ1v) is 5.12. The summed E-state index contributed by atoms with van der Waals surface area (Å²) in [6, 6.07) is 0.891. The standard InChI is InChI=1S/C10H21N.CH4/c1-3-7-10(4-2)11-8-5-6-9-11;/h10H,3-9H2,1-2H3;1H4. The SMILES string of the molecule is C.CCCC(CC)N1CCCC1. The van der Waals surface area contributed by atoms with Crippen LogP contribution in [0.5, 0.6) is 0 Å². The van der Waals surface area contributed by atoms with Gasteiger partial charge in [-0.25, -0.2) is 0 Å². The van der Waals surface area contributed by atoms with Gasteiger partial charge in [0.25, 0.3) is 0 Å². The molecule has 0 spiro atoms. The molecule has 1 unspecified atom stereocenters. The van der Waals surface area contributed by atoms with Crippen LogP contribution < -0.4 is 0 Å². The third-order valence-corrected chi connectivity index (χ3v) is 2.75. The van der Waals surface area contributed by atoms with Crippen LogP contribution in [0.2, 0.25) is 0 Å². The van der Waals surface area contributed by atoms with Gasteiger partial charge in [-0.3, -0.25) is 0 Å². The Hall–Kier alpha value is -0.0400. The van der Waals surface area contributed by atoms with Crippen molar-refractivity contribution in [3.63, 3.8) is 0 Å².